The zero-order chi connectivity index (χ0) is 26.7. The Morgan fingerprint density at radius 3 is 2.71 bits per heavy atom. The van der Waals surface area contributed by atoms with Gasteiger partial charge in [-0.2, -0.15) is 0 Å². The molecule has 2 aliphatic rings. The lowest BCUT2D eigenvalue weighted by atomic mass is 10.0. The van der Waals surface area contributed by atoms with E-state index in [4.69, 9.17) is 30.5 Å². The number of hydrogen-bond donors (Lipinski definition) is 1. The molecule has 1 N–H and O–H groups in total. The summed E-state index contributed by atoms with van der Waals surface area (Å²) in [6.45, 7) is 7.70. The second-order valence-corrected chi connectivity index (χ2v) is 9.77. The van der Waals surface area contributed by atoms with Gasteiger partial charge in [0.2, 0.25) is 6.79 Å². The summed E-state index contributed by atoms with van der Waals surface area (Å²) in [5.41, 5.74) is 4.24. The summed E-state index contributed by atoms with van der Waals surface area (Å²) in [6.07, 6.45) is 2.74. The third-order valence-corrected chi connectivity index (χ3v) is 7.16. The molecule has 0 saturated carbocycles. The standard InChI is InChI=1S/C28H37ClN4O5/c1-21-6-5-7-25(27(21)29)33-15-13-32(14-16-33)12-3-4-17-35-23-10-8-22-9-11-26(31-24(22)18-23)37-20-38-28(34)36-19-30-2/h5-8,10,18,30H,3-4,9,11-17,19-20H2,1-2H3. The van der Waals surface area contributed by atoms with E-state index in [0.29, 0.717) is 18.9 Å². The quantitative estimate of drug-likeness (QED) is 0.243. The Balaban J connectivity index is 1.14. The van der Waals surface area contributed by atoms with E-state index in [2.05, 4.69) is 51.3 Å². The summed E-state index contributed by atoms with van der Waals surface area (Å²) in [4.78, 5) is 20.8. The van der Waals surface area contributed by atoms with E-state index in [1.54, 1.807) is 7.05 Å². The fraction of sp³-hybridized carbons (Fsp3) is 0.500. The lowest BCUT2D eigenvalue weighted by molar-refractivity contribution is -0.00315. The van der Waals surface area contributed by atoms with Gasteiger partial charge < -0.3 is 23.8 Å². The molecular formula is C28H37ClN4O5. The van der Waals surface area contributed by atoms with Crippen LogP contribution in [0.5, 0.6) is 5.75 Å². The van der Waals surface area contributed by atoms with Crippen LogP contribution in [0.3, 0.4) is 0 Å². The van der Waals surface area contributed by atoms with Crippen molar-refractivity contribution >= 4 is 35.0 Å². The Hall–Kier alpha value is -3.01. The number of piperazine rings is 1. The first-order chi connectivity index (χ1) is 18.5. The van der Waals surface area contributed by atoms with Crippen molar-refractivity contribution in [1.29, 1.82) is 0 Å². The number of anilines is 1. The smallest absolute Gasteiger partial charge is 0.494 e. The molecule has 2 aliphatic heterocycles. The van der Waals surface area contributed by atoms with Gasteiger partial charge in [-0.25, -0.2) is 9.79 Å². The zero-order valence-corrected chi connectivity index (χ0v) is 23.0. The van der Waals surface area contributed by atoms with Gasteiger partial charge >= 0.3 is 6.16 Å². The molecule has 1 saturated heterocycles. The number of rotatable bonds is 11. The Bertz CT molecular complexity index is 1100. The molecule has 0 spiro atoms. The van der Waals surface area contributed by atoms with Crippen LogP contribution in [0.4, 0.5) is 16.2 Å². The van der Waals surface area contributed by atoms with Crippen LogP contribution in [0.1, 0.15) is 30.4 Å². The molecule has 2 heterocycles. The van der Waals surface area contributed by atoms with Crippen molar-refractivity contribution in [2.45, 2.75) is 32.6 Å². The van der Waals surface area contributed by atoms with Crippen molar-refractivity contribution in [1.82, 2.24) is 10.2 Å². The molecule has 1 fully saturated rings. The van der Waals surface area contributed by atoms with Gasteiger partial charge in [-0.05, 0) is 63.0 Å². The van der Waals surface area contributed by atoms with Crippen molar-refractivity contribution < 1.29 is 23.7 Å². The van der Waals surface area contributed by atoms with Crippen LogP contribution in [-0.4, -0.2) is 76.9 Å². The number of carbonyl (C=O) groups is 1. The topological polar surface area (TPSA) is 84.9 Å². The molecule has 4 rings (SSSR count). The zero-order valence-electron chi connectivity index (χ0n) is 22.2. The molecule has 206 valence electrons. The van der Waals surface area contributed by atoms with Gasteiger partial charge in [0.1, 0.15) is 12.5 Å². The monoisotopic (exact) mass is 544 g/mol. The average molecular weight is 545 g/mol. The van der Waals surface area contributed by atoms with Crippen molar-refractivity contribution in [2.75, 3.05) is 64.8 Å². The number of unbranched alkanes of at least 4 members (excludes halogenated alkanes) is 1. The SMILES string of the molecule is CNCOC(=O)OCOC1=Nc2cc(OCCCCN3CCN(c4cccc(C)c4Cl)CC3)ccc2CC1. The second kappa shape index (κ2) is 14.2. The van der Waals surface area contributed by atoms with Gasteiger partial charge in [0.05, 0.1) is 23.0 Å². The third-order valence-electron chi connectivity index (χ3n) is 6.67. The number of carbonyl (C=O) groups excluding carboxylic acids is 1. The van der Waals surface area contributed by atoms with Crippen LogP contribution in [-0.2, 0) is 20.6 Å². The summed E-state index contributed by atoms with van der Waals surface area (Å²) in [6, 6.07) is 12.2. The number of aliphatic imine (C=N–C) groups is 1. The van der Waals surface area contributed by atoms with Crippen molar-refractivity contribution in [3.63, 3.8) is 0 Å². The predicted octanol–water partition coefficient (Wildman–Crippen LogP) is 4.91. The molecular weight excluding hydrogens is 508 g/mol. The number of benzene rings is 2. The number of hydrogen-bond acceptors (Lipinski definition) is 9. The maximum absolute atomic E-state index is 11.4. The van der Waals surface area contributed by atoms with E-state index in [1.165, 1.54) is 0 Å². The third kappa shape index (κ3) is 7.99. The van der Waals surface area contributed by atoms with E-state index in [9.17, 15) is 4.79 Å². The molecule has 9 nitrogen and oxygen atoms in total. The maximum atomic E-state index is 11.4. The largest absolute Gasteiger partial charge is 0.512 e. The van der Waals surface area contributed by atoms with Gasteiger partial charge in [0.15, 0.2) is 5.90 Å². The Morgan fingerprint density at radius 1 is 1.05 bits per heavy atom. The van der Waals surface area contributed by atoms with Crippen molar-refractivity contribution in [3.05, 3.63) is 52.5 Å². The predicted molar refractivity (Wildman–Crippen MR) is 149 cm³/mol. The number of aryl methyl sites for hydroxylation is 2. The number of nitrogens with one attached hydrogen (secondary N) is 1. The molecule has 10 heteroatoms. The minimum Gasteiger partial charge on any atom is -0.494 e. The second-order valence-electron chi connectivity index (χ2n) is 9.39. The molecule has 2 aromatic rings. The number of nitrogens with zero attached hydrogens (tertiary/aromatic N) is 3. The average Bonchev–Trinajstić information content (AvgIpc) is 2.93. The van der Waals surface area contributed by atoms with Crippen LogP contribution < -0.4 is 15.0 Å². The molecule has 0 radical (unpaired) electrons. The molecule has 0 amide bonds. The molecule has 0 bridgehead atoms. The fourth-order valence-electron chi connectivity index (χ4n) is 4.52. The fourth-order valence-corrected chi connectivity index (χ4v) is 4.77. The van der Waals surface area contributed by atoms with Gasteiger partial charge in [-0.1, -0.05) is 29.8 Å². The highest BCUT2D eigenvalue weighted by Crippen LogP contribution is 2.31. The first kappa shape index (κ1) is 28.0. The van der Waals surface area contributed by atoms with Gasteiger partial charge in [-0.15, -0.1) is 0 Å². The summed E-state index contributed by atoms with van der Waals surface area (Å²) >= 11 is 6.52. The van der Waals surface area contributed by atoms with Crippen LogP contribution in [0.25, 0.3) is 0 Å². The summed E-state index contributed by atoms with van der Waals surface area (Å²) in [5, 5.41) is 3.56. The van der Waals surface area contributed by atoms with E-state index < -0.39 is 6.16 Å². The summed E-state index contributed by atoms with van der Waals surface area (Å²) in [5.74, 6) is 1.32. The first-order valence-corrected chi connectivity index (χ1v) is 13.5. The molecule has 38 heavy (non-hydrogen) atoms. The van der Waals surface area contributed by atoms with Gasteiger partial charge in [0.25, 0.3) is 0 Å². The Labute approximate surface area is 229 Å². The highest BCUT2D eigenvalue weighted by atomic mass is 35.5. The Morgan fingerprint density at radius 2 is 1.89 bits per heavy atom. The van der Waals surface area contributed by atoms with E-state index in [1.807, 2.05) is 12.1 Å². The molecule has 0 unspecified atom stereocenters. The number of fused-ring (bicyclic) bond motifs is 1. The highest BCUT2D eigenvalue weighted by Gasteiger charge is 2.19. The maximum Gasteiger partial charge on any atom is 0.512 e. The van der Waals surface area contributed by atoms with Crippen LogP contribution in [0.2, 0.25) is 5.02 Å². The van der Waals surface area contributed by atoms with Gasteiger partial charge in [-0.3, -0.25) is 10.2 Å². The lowest BCUT2D eigenvalue weighted by Gasteiger charge is -2.36. The Kier molecular flexibility index (Phi) is 10.5. The van der Waals surface area contributed by atoms with Crippen molar-refractivity contribution in [3.8, 4) is 5.75 Å². The molecule has 0 aliphatic carbocycles. The van der Waals surface area contributed by atoms with Crippen molar-refractivity contribution in [2.24, 2.45) is 4.99 Å². The van der Waals surface area contributed by atoms with Crippen LogP contribution in [0, 0.1) is 6.92 Å². The molecule has 0 atom stereocenters. The number of halogens is 1. The first-order valence-electron chi connectivity index (χ1n) is 13.2. The summed E-state index contributed by atoms with van der Waals surface area (Å²) < 4.78 is 21.1. The molecule has 0 aromatic heterocycles. The van der Waals surface area contributed by atoms with Crippen LogP contribution in [0.15, 0.2) is 41.4 Å². The number of ether oxygens (including phenoxy) is 4. The van der Waals surface area contributed by atoms with Gasteiger partial charge in [0, 0.05) is 38.7 Å². The van der Waals surface area contributed by atoms with Crippen LogP contribution >= 0.6 is 11.6 Å². The van der Waals surface area contributed by atoms with E-state index >= 15 is 0 Å². The minimum atomic E-state index is -0.790. The molecule has 2 aromatic carbocycles. The minimum absolute atomic E-state index is 0.0805. The summed E-state index contributed by atoms with van der Waals surface area (Å²) in [7, 11) is 1.67. The van der Waals surface area contributed by atoms with E-state index in [-0.39, 0.29) is 13.5 Å². The van der Waals surface area contributed by atoms with E-state index in [0.717, 1.165) is 85.3 Å². The highest BCUT2D eigenvalue weighted by molar-refractivity contribution is 6.34. The lowest BCUT2D eigenvalue weighted by Crippen LogP contribution is -2.46. The normalized spacial score (nSPS) is 15.4.